The van der Waals surface area contributed by atoms with E-state index in [0.29, 0.717) is 11.4 Å². The number of nitrogen functional groups attached to an aromatic ring is 1. The van der Waals surface area contributed by atoms with Crippen LogP contribution in [0.25, 0.3) is 0 Å². The number of nitrogens with two attached hydrogens (primary N) is 1. The fourth-order valence-electron chi connectivity index (χ4n) is 1.38. The van der Waals surface area contributed by atoms with Gasteiger partial charge in [0.05, 0.1) is 5.56 Å². The summed E-state index contributed by atoms with van der Waals surface area (Å²) in [7, 11) is 0. The average molecular weight is 249 g/mol. The number of halogens is 1. The maximum absolute atomic E-state index is 7.44. The molecule has 0 bridgehead atoms. The van der Waals surface area contributed by atoms with Crippen molar-refractivity contribution >= 4 is 29.7 Å². The summed E-state index contributed by atoms with van der Waals surface area (Å²) in [6.45, 7) is 0. The minimum Gasteiger partial charge on any atom is -0.384 e. The first kappa shape index (κ1) is 13.0. The Morgan fingerprint density at radius 2 is 1.82 bits per heavy atom. The van der Waals surface area contributed by atoms with Crippen LogP contribution >= 0.6 is 12.4 Å². The van der Waals surface area contributed by atoms with Gasteiger partial charge in [-0.15, -0.1) is 12.4 Å². The molecule has 1 heterocycles. The lowest BCUT2D eigenvalue weighted by molar-refractivity contribution is 1.28. The van der Waals surface area contributed by atoms with Crippen molar-refractivity contribution in [2.45, 2.75) is 0 Å². The van der Waals surface area contributed by atoms with Crippen molar-refractivity contribution in [2.75, 3.05) is 5.32 Å². The molecule has 1 aromatic heterocycles. The maximum atomic E-state index is 7.44. The second kappa shape index (κ2) is 5.86. The largest absolute Gasteiger partial charge is 0.384 e. The van der Waals surface area contributed by atoms with Crippen molar-refractivity contribution in [3.8, 4) is 0 Å². The number of nitrogens with one attached hydrogen (secondary N) is 2. The molecule has 0 aliphatic carbocycles. The van der Waals surface area contributed by atoms with Crippen LogP contribution in [-0.4, -0.2) is 10.8 Å². The molecule has 1 aromatic carbocycles. The standard InChI is InChI=1S/C12H12N4.ClH/c13-11(14)10-7-4-8-15-12(10)16-9-5-2-1-3-6-9;/h1-8H,(H3,13,14)(H,15,16);1H. The zero-order valence-corrected chi connectivity index (χ0v) is 9.87. The molecule has 4 nitrogen and oxygen atoms in total. The Bertz CT molecular complexity index is 499. The van der Waals surface area contributed by atoms with Crippen LogP contribution < -0.4 is 11.1 Å². The van der Waals surface area contributed by atoms with Crippen LogP contribution in [0.5, 0.6) is 0 Å². The van der Waals surface area contributed by atoms with Crippen LogP contribution in [0.3, 0.4) is 0 Å². The SMILES string of the molecule is Cl.N=C(N)c1cccnc1Nc1ccccc1. The molecule has 0 radical (unpaired) electrons. The third-order valence-corrected chi connectivity index (χ3v) is 2.13. The Morgan fingerprint density at radius 1 is 1.12 bits per heavy atom. The van der Waals surface area contributed by atoms with Gasteiger partial charge in [0.1, 0.15) is 11.7 Å². The van der Waals surface area contributed by atoms with Crippen molar-refractivity contribution in [3.05, 3.63) is 54.2 Å². The van der Waals surface area contributed by atoms with E-state index in [1.807, 2.05) is 30.3 Å². The van der Waals surface area contributed by atoms with Gasteiger partial charge >= 0.3 is 0 Å². The molecular formula is C12H13ClN4. The summed E-state index contributed by atoms with van der Waals surface area (Å²) in [4.78, 5) is 4.16. The van der Waals surface area contributed by atoms with Gasteiger partial charge in [-0.2, -0.15) is 0 Å². The smallest absolute Gasteiger partial charge is 0.141 e. The molecule has 0 aliphatic rings. The molecule has 2 rings (SSSR count). The van der Waals surface area contributed by atoms with Crippen LogP contribution in [-0.2, 0) is 0 Å². The van der Waals surface area contributed by atoms with Gasteiger partial charge in [-0.3, -0.25) is 5.41 Å². The second-order valence-corrected chi connectivity index (χ2v) is 3.30. The van der Waals surface area contributed by atoms with Crippen molar-refractivity contribution in [2.24, 2.45) is 5.73 Å². The normalized spacial score (nSPS) is 9.18. The Hall–Kier alpha value is -2.07. The molecule has 0 amide bonds. The van der Waals surface area contributed by atoms with Crippen molar-refractivity contribution < 1.29 is 0 Å². The first-order chi connectivity index (χ1) is 7.77. The number of hydrogen-bond acceptors (Lipinski definition) is 3. The van der Waals surface area contributed by atoms with Gasteiger partial charge in [-0.25, -0.2) is 4.98 Å². The van der Waals surface area contributed by atoms with E-state index < -0.39 is 0 Å². The lowest BCUT2D eigenvalue weighted by atomic mass is 10.2. The summed E-state index contributed by atoms with van der Waals surface area (Å²) in [5.41, 5.74) is 6.99. The van der Waals surface area contributed by atoms with Crippen LogP contribution in [0.2, 0.25) is 0 Å². The van der Waals surface area contributed by atoms with Crippen LogP contribution in [0.1, 0.15) is 5.56 Å². The van der Waals surface area contributed by atoms with Gasteiger partial charge in [-0.05, 0) is 24.3 Å². The number of anilines is 2. The molecule has 17 heavy (non-hydrogen) atoms. The maximum Gasteiger partial charge on any atom is 0.141 e. The first-order valence-electron chi connectivity index (χ1n) is 4.89. The molecule has 0 saturated carbocycles. The fourth-order valence-corrected chi connectivity index (χ4v) is 1.38. The van der Waals surface area contributed by atoms with Crippen molar-refractivity contribution in [3.63, 3.8) is 0 Å². The average Bonchev–Trinajstić information content (AvgIpc) is 2.31. The molecule has 0 spiro atoms. The highest BCUT2D eigenvalue weighted by Gasteiger charge is 2.05. The minimum absolute atomic E-state index is 0. The molecule has 0 unspecified atom stereocenters. The number of aromatic nitrogens is 1. The number of amidine groups is 1. The summed E-state index contributed by atoms with van der Waals surface area (Å²) >= 11 is 0. The van der Waals surface area contributed by atoms with E-state index in [1.165, 1.54) is 0 Å². The fraction of sp³-hybridized carbons (Fsp3) is 0. The molecule has 2 aromatic rings. The molecule has 0 atom stereocenters. The third-order valence-electron chi connectivity index (χ3n) is 2.13. The molecule has 0 saturated heterocycles. The van der Waals surface area contributed by atoms with Crippen LogP contribution in [0.4, 0.5) is 11.5 Å². The summed E-state index contributed by atoms with van der Waals surface area (Å²) in [5, 5.41) is 10.6. The van der Waals surface area contributed by atoms with Crippen molar-refractivity contribution in [1.82, 2.24) is 4.98 Å². The number of para-hydroxylation sites is 1. The first-order valence-corrected chi connectivity index (χ1v) is 4.89. The van der Waals surface area contributed by atoms with Crippen LogP contribution in [0.15, 0.2) is 48.7 Å². The van der Waals surface area contributed by atoms with Gasteiger partial charge < -0.3 is 11.1 Å². The number of rotatable bonds is 3. The van der Waals surface area contributed by atoms with E-state index in [0.717, 1.165) is 5.69 Å². The van der Waals surface area contributed by atoms with E-state index in [9.17, 15) is 0 Å². The molecule has 88 valence electrons. The monoisotopic (exact) mass is 248 g/mol. The third kappa shape index (κ3) is 3.19. The predicted molar refractivity (Wildman–Crippen MR) is 72.2 cm³/mol. The zero-order chi connectivity index (χ0) is 11.4. The van der Waals surface area contributed by atoms with E-state index in [4.69, 9.17) is 11.1 Å². The number of hydrogen-bond donors (Lipinski definition) is 3. The molecule has 0 fully saturated rings. The Balaban J connectivity index is 0.00000144. The van der Waals surface area contributed by atoms with Gasteiger partial charge in [0, 0.05) is 11.9 Å². The summed E-state index contributed by atoms with van der Waals surface area (Å²) in [5.74, 6) is 0.604. The topological polar surface area (TPSA) is 74.8 Å². The number of nitrogens with zero attached hydrogens (tertiary/aromatic N) is 1. The highest BCUT2D eigenvalue weighted by molar-refractivity contribution is 5.99. The number of benzene rings is 1. The van der Waals surface area contributed by atoms with Crippen LogP contribution in [0, 0.1) is 5.41 Å². The minimum atomic E-state index is 0. The molecule has 0 aliphatic heterocycles. The Morgan fingerprint density at radius 3 is 2.47 bits per heavy atom. The lowest BCUT2D eigenvalue weighted by Gasteiger charge is -2.09. The quantitative estimate of drug-likeness (QED) is 0.577. The highest BCUT2D eigenvalue weighted by Crippen LogP contribution is 2.17. The van der Waals surface area contributed by atoms with Gasteiger partial charge in [0.25, 0.3) is 0 Å². The molecule has 5 heteroatoms. The zero-order valence-electron chi connectivity index (χ0n) is 9.05. The summed E-state index contributed by atoms with van der Waals surface area (Å²) in [6, 6.07) is 13.2. The molecular weight excluding hydrogens is 236 g/mol. The van der Waals surface area contributed by atoms with E-state index in [2.05, 4.69) is 10.3 Å². The van der Waals surface area contributed by atoms with Gasteiger partial charge in [0.15, 0.2) is 0 Å². The van der Waals surface area contributed by atoms with Gasteiger partial charge in [-0.1, -0.05) is 18.2 Å². The molecule has 4 N–H and O–H groups in total. The lowest BCUT2D eigenvalue weighted by Crippen LogP contribution is -2.14. The predicted octanol–water partition coefficient (Wildman–Crippen LogP) is 2.53. The van der Waals surface area contributed by atoms with E-state index in [-0.39, 0.29) is 18.2 Å². The Labute approximate surface area is 106 Å². The van der Waals surface area contributed by atoms with Gasteiger partial charge in [0.2, 0.25) is 0 Å². The summed E-state index contributed by atoms with van der Waals surface area (Å²) in [6.07, 6.45) is 1.66. The summed E-state index contributed by atoms with van der Waals surface area (Å²) < 4.78 is 0. The highest BCUT2D eigenvalue weighted by atomic mass is 35.5. The van der Waals surface area contributed by atoms with E-state index >= 15 is 0 Å². The Kier molecular flexibility index (Phi) is 4.48. The van der Waals surface area contributed by atoms with Crippen molar-refractivity contribution in [1.29, 1.82) is 5.41 Å². The van der Waals surface area contributed by atoms with E-state index in [1.54, 1.807) is 18.3 Å². The second-order valence-electron chi connectivity index (χ2n) is 3.30. The number of pyridine rings is 1.